The van der Waals surface area contributed by atoms with Gasteiger partial charge < -0.3 is 15.3 Å². The lowest BCUT2D eigenvalue weighted by molar-refractivity contribution is -0.0157. The predicted molar refractivity (Wildman–Crippen MR) is 84.9 cm³/mol. The SMILES string of the molecule is CCC1CCCC(CN)(C(O)c2coc3ccccc23)C1. The van der Waals surface area contributed by atoms with E-state index in [-0.39, 0.29) is 5.41 Å². The zero-order valence-corrected chi connectivity index (χ0v) is 12.7. The molecule has 1 aromatic carbocycles. The third-order valence-corrected chi connectivity index (χ3v) is 5.35. The smallest absolute Gasteiger partial charge is 0.134 e. The maximum absolute atomic E-state index is 11.1. The van der Waals surface area contributed by atoms with Crippen molar-refractivity contribution < 1.29 is 9.52 Å². The van der Waals surface area contributed by atoms with Gasteiger partial charge in [-0.15, -0.1) is 0 Å². The Morgan fingerprint density at radius 3 is 3.00 bits per heavy atom. The Balaban J connectivity index is 1.96. The second-order valence-electron chi connectivity index (χ2n) is 6.53. The second kappa shape index (κ2) is 5.82. The van der Waals surface area contributed by atoms with Gasteiger partial charge in [0.15, 0.2) is 0 Å². The minimum absolute atomic E-state index is 0.203. The van der Waals surface area contributed by atoms with Crippen LogP contribution in [0.3, 0.4) is 0 Å². The summed E-state index contributed by atoms with van der Waals surface area (Å²) in [6.07, 6.45) is 6.77. The standard InChI is InChI=1S/C18H25NO2/c1-2-13-6-5-9-18(10-13,12-19)17(20)15-11-21-16-8-4-3-7-14(15)16/h3-4,7-8,11,13,17,20H,2,5-6,9-10,12,19H2,1H3. The summed E-state index contributed by atoms with van der Waals surface area (Å²) in [5, 5.41) is 12.1. The van der Waals surface area contributed by atoms with Crippen molar-refractivity contribution in [2.24, 2.45) is 17.1 Å². The molecule has 3 rings (SSSR count). The summed E-state index contributed by atoms with van der Waals surface area (Å²) in [6.45, 7) is 2.76. The topological polar surface area (TPSA) is 59.4 Å². The van der Waals surface area contributed by atoms with Gasteiger partial charge in [-0.2, -0.15) is 0 Å². The highest BCUT2D eigenvalue weighted by molar-refractivity contribution is 5.81. The van der Waals surface area contributed by atoms with Crippen LogP contribution in [-0.2, 0) is 0 Å². The van der Waals surface area contributed by atoms with E-state index in [0.717, 1.165) is 35.8 Å². The average molecular weight is 287 g/mol. The zero-order valence-electron chi connectivity index (χ0n) is 12.7. The first-order chi connectivity index (χ1) is 10.2. The number of hydrogen-bond donors (Lipinski definition) is 2. The Morgan fingerprint density at radius 2 is 2.24 bits per heavy atom. The van der Waals surface area contributed by atoms with Crippen molar-refractivity contribution in [3.05, 3.63) is 36.1 Å². The van der Waals surface area contributed by atoms with E-state index in [1.54, 1.807) is 6.26 Å². The Morgan fingerprint density at radius 1 is 1.43 bits per heavy atom. The maximum atomic E-state index is 11.1. The third-order valence-electron chi connectivity index (χ3n) is 5.35. The second-order valence-corrected chi connectivity index (χ2v) is 6.53. The van der Waals surface area contributed by atoms with Crippen LogP contribution in [0.1, 0.15) is 50.7 Å². The van der Waals surface area contributed by atoms with Crippen molar-refractivity contribution >= 4 is 11.0 Å². The Bertz CT molecular complexity index is 606. The first kappa shape index (κ1) is 14.6. The molecule has 0 radical (unpaired) electrons. The number of para-hydroxylation sites is 1. The summed E-state index contributed by atoms with van der Waals surface area (Å²) in [4.78, 5) is 0. The highest BCUT2D eigenvalue weighted by Gasteiger charge is 2.42. The number of rotatable bonds is 4. The van der Waals surface area contributed by atoms with Gasteiger partial charge in [0.25, 0.3) is 0 Å². The number of fused-ring (bicyclic) bond motifs is 1. The van der Waals surface area contributed by atoms with Gasteiger partial charge in [0, 0.05) is 22.9 Å². The van der Waals surface area contributed by atoms with Crippen LogP contribution in [0.15, 0.2) is 34.9 Å². The molecule has 1 fully saturated rings. The highest BCUT2D eigenvalue weighted by Crippen LogP contribution is 2.49. The number of furan rings is 1. The van der Waals surface area contributed by atoms with Crippen molar-refractivity contribution in [1.29, 1.82) is 0 Å². The molecule has 3 heteroatoms. The van der Waals surface area contributed by atoms with Crippen molar-refractivity contribution in [1.82, 2.24) is 0 Å². The molecule has 3 atom stereocenters. The largest absolute Gasteiger partial charge is 0.464 e. The molecule has 0 bridgehead atoms. The molecule has 1 aromatic heterocycles. The normalized spacial score (nSPS) is 27.9. The van der Waals surface area contributed by atoms with Gasteiger partial charge in [0.2, 0.25) is 0 Å². The summed E-state index contributed by atoms with van der Waals surface area (Å²) in [7, 11) is 0. The Hall–Kier alpha value is -1.32. The Labute approximate surface area is 126 Å². The fraction of sp³-hybridized carbons (Fsp3) is 0.556. The lowest BCUT2D eigenvalue weighted by atomic mass is 9.64. The minimum atomic E-state index is -0.541. The molecule has 3 N–H and O–H groups in total. The monoisotopic (exact) mass is 287 g/mol. The predicted octanol–water partition coefficient (Wildman–Crippen LogP) is 4.01. The molecule has 0 aliphatic heterocycles. The van der Waals surface area contributed by atoms with E-state index in [1.165, 1.54) is 12.8 Å². The number of benzene rings is 1. The molecule has 1 heterocycles. The quantitative estimate of drug-likeness (QED) is 0.893. The number of hydrogen-bond acceptors (Lipinski definition) is 3. The molecule has 2 aromatic rings. The minimum Gasteiger partial charge on any atom is -0.464 e. The fourth-order valence-corrected chi connectivity index (χ4v) is 3.96. The lowest BCUT2D eigenvalue weighted by Crippen LogP contribution is -2.41. The van der Waals surface area contributed by atoms with Crippen LogP contribution in [0.5, 0.6) is 0 Å². The molecule has 1 aliphatic rings. The van der Waals surface area contributed by atoms with Crippen LogP contribution >= 0.6 is 0 Å². The van der Waals surface area contributed by atoms with E-state index in [2.05, 4.69) is 6.92 Å². The third kappa shape index (κ3) is 2.49. The van der Waals surface area contributed by atoms with Crippen LogP contribution in [0.4, 0.5) is 0 Å². The van der Waals surface area contributed by atoms with E-state index in [1.807, 2.05) is 24.3 Å². The summed E-state index contributed by atoms with van der Waals surface area (Å²) >= 11 is 0. The van der Waals surface area contributed by atoms with Gasteiger partial charge in [-0.25, -0.2) is 0 Å². The van der Waals surface area contributed by atoms with Crippen LogP contribution < -0.4 is 5.73 Å². The van der Waals surface area contributed by atoms with Crippen molar-refractivity contribution in [3.63, 3.8) is 0 Å². The number of nitrogens with two attached hydrogens (primary N) is 1. The summed E-state index contributed by atoms with van der Waals surface area (Å²) in [6, 6.07) is 7.89. The van der Waals surface area contributed by atoms with Crippen LogP contribution in [0.2, 0.25) is 0 Å². The van der Waals surface area contributed by atoms with Gasteiger partial charge in [0.1, 0.15) is 5.58 Å². The molecular formula is C18H25NO2. The number of aliphatic hydroxyl groups excluding tert-OH is 1. The lowest BCUT2D eigenvalue weighted by Gasteiger charge is -2.43. The van der Waals surface area contributed by atoms with E-state index in [9.17, 15) is 5.11 Å². The molecular weight excluding hydrogens is 262 g/mol. The molecule has 0 spiro atoms. The van der Waals surface area contributed by atoms with Gasteiger partial charge >= 0.3 is 0 Å². The van der Waals surface area contributed by atoms with Crippen LogP contribution in [-0.4, -0.2) is 11.7 Å². The van der Waals surface area contributed by atoms with Gasteiger partial charge in [0.05, 0.1) is 12.4 Å². The molecule has 21 heavy (non-hydrogen) atoms. The van der Waals surface area contributed by atoms with Gasteiger partial charge in [-0.3, -0.25) is 0 Å². The summed E-state index contributed by atoms with van der Waals surface area (Å²) < 4.78 is 5.60. The van der Waals surface area contributed by atoms with Gasteiger partial charge in [-0.05, 0) is 24.8 Å². The molecule has 1 aliphatic carbocycles. The first-order valence-electron chi connectivity index (χ1n) is 8.04. The molecule has 0 saturated heterocycles. The molecule has 3 nitrogen and oxygen atoms in total. The average Bonchev–Trinajstić information content (AvgIpc) is 2.98. The molecule has 3 unspecified atom stereocenters. The molecule has 0 amide bonds. The zero-order chi connectivity index (χ0) is 14.9. The highest BCUT2D eigenvalue weighted by atomic mass is 16.3. The molecule has 1 saturated carbocycles. The summed E-state index contributed by atoms with van der Waals surface area (Å²) in [5.41, 5.74) is 7.64. The Kier molecular flexibility index (Phi) is 4.05. The van der Waals surface area contributed by atoms with E-state index in [0.29, 0.717) is 12.5 Å². The fourth-order valence-electron chi connectivity index (χ4n) is 3.96. The van der Waals surface area contributed by atoms with E-state index in [4.69, 9.17) is 10.2 Å². The summed E-state index contributed by atoms with van der Waals surface area (Å²) in [5.74, 6) is 0.676. The number of aliphatic hydroxyl groups is 1. The van der Waals surface area contributed by atoms with Crippen LogP contribution in [0, 0.1) is 11.3 Å². The van der Waals surface area contributed by atoms with E-state index < -0.39 is 6.10 Å². The van der Waals surface area contributed by atoms with Crippen molar-refractivity contribution in [2.45, 2.75) is 45.1 Å². The molecule has 114 valence electrons. The van der Waals surface area contributed by atoms with Crippen molar-refractivity contribution in [3.8, 4) is 0 Å². The van der Waals surface area contributed by atoms with Gasteiger partial charge in [-0.1, -0.05) is 44.4 Å². The maximum Gasteiger partial charge on any atom is 0.134 e. The van der Waals surface area contributed by atoms with Crippen LogP contribution in [0.25, 0.3) is 11.0 Å². The van der Waals surface area contributed by atoms with E-state index >= 15 is 0 Å². The van der Waals surface area contributed by atoms with Crippen molar-refractivity contribution in [2.75, 3.05) is 6.54 Å². The first-order valence-corrected chi connectivity index (χ1v) is 8.04.